The third-order valence-electron chi connectivity index (χ3n) is 6.73. The zero-order chi connectivity index (χ0) is 30.3. The average Bonchev–Trinajstić information content (AvgIpc) is 2.93. The summed E-state index contributed by atoms with van der Waals surface area (Å²) < 4.78 is 29.1. The summed E-state index contributed by atoms with van der Waals surface area (Å²) in [5, 5.41) is 3.84. The molecule has 0 saturated heterocycles. The molecule has 220 valence electrons. The molecule has 0 fully saturated rings. The van der Waals surface area contributed by atoms with Gasteiger partial charge in [-0.15, -0.1) is 0 Å². The number of hydrogen-bond donors (Lipinski definition) is 1. The SMILES string of the molecule is CC[C@H](C(=O)NCC(C)C)N(Cc1ccc(Cl)cc1)C(=O)CN(c1cccc(Cl)c1C)S(=O)(=O)c1ccc(C)cc1. The first-order chi connectivity index (χ1) is 19.3. The van der Waals surface area contributed by atoms with Crippen molar-refractivity contribution in [1.29, 1.82) is 0 Å². The molecule has 0 unspecified atom stereocenters. The summed E-state index contributed by atoms with van der Waals surface area (Å²) in [5.41, 5.74) is 2.46. The number of hydrogen-bond acceptors (Lipinski definition) is 4. The molecule has 2 amide bonds. The summed E-state index contributed by atoms with van der Waals surface area (Å²) in [6.07, 6.45) is 0.337. The second kappa shape index (κ2) is 14.2. The molecule has 7 nitrogen and oxygen atoms in total. The minimum Gasteiger partial charge on any atom is -0.354 e. The number of nitrogens with zero attached hydrogens (tertiary/aromatic N) is 2. The topological polar surface area (TPSA) is 86.8 Å². The third-order valence-corrected chi connectivity index (χ3v) is 9.17. The second-order valence-electron chi connectivity index (χ2n) is 10.4. The van der Waals surface area contributed by atoms with E-state index in [1.54, 1.807) is 61.5 Å². The van der Waals surface area contributed by atoms with Crippen molar-refractivity contribution >= 4 is 50.7 Å². The fourth-order valence-corrected chi connectivity index (χ4v) is 6.11. The zero-order valence-corrected chi connectivity index (χ0v) is 26.4. The molecular formula is C31H37Cl2N3O4S. The van der Waals surface area contributed by atoms with Gasteiger partial charge in [-0.2, -0.15) is 0 Å². The Hall–Kier alpha value is -3.07. The molecule has 41 heavy (non-hydrogen) atoms. The van der Waals surface area contributed by atoms with E-state index >= 15 is 0 Å². The molecule has 3 aromatic carbocycles. The number of carbonyl (C=O) groups is 2. The molecule has 0 aliphatic heterocycles. The van der Waals surface area contributed by atoms with Crippen LogP contribution in [0, 0.1) is 19.8 Å². The second-order valence-corrected chi connectivity index (χ2v) is 13.1. The Balaban J connectivity index is 2.08. The maximum atomic E-state index is 14.2. The summed E-state index contributed by atoms with van der Waals surface area (Å²) >= 11 is 12.5. The molecule has 0 aliphatic carbocycles. The summed E-state index contributed by atoms with van der Waals surface area (Å²) in [5.74, 6) is -0.602. The van der Waals surface area contributed by atoms with Gasteiger partial charge in [-0.1, -0.05) is 79.9 Å². The Morgan fingerprint density at radius 2 is 1.56 bits per heavy atom. The standard InChI is InChI=1S/C31H37Cl2N3O4S/c1-6-28(31(38)34-18-21(2)3)35(19-24-12-14-25(32)15-13-24)30(37)20-36(29-9-7-8-27(33)23(29)5)41(39,40)26-16-10-22(4)11-17-26/h7-17,21,28H,6,18-20H2,1-5H3,(H,34,38)/t28-/m1/s1. The molecule has 0 aromatic heterocycles. The van der Waals surface area contributed by atoms with E-state index in [1.165, 1.54) is 17.0 Å². The number of rotatable bonds is 12. The van der Waals surface area contributed by atoms with E-state index in [1.807, 2.05) is 27.7 Å². The van der Waals surface area contributed by atoms with Crippen LogP contribution in [0.1, 0.15) is 43.9 Å². The monoisotopic (exact) mass is 617 g/mol. The molecule has 0 radical (unpaired) electrons. The number of aryl methyl sites for hydroxylation is 1. The quantitative estimate of drug-likeness (QED) is 0.255. The van der Waals surface area contributed by atoms with Gasteiger partial charge in [0.2, 0.25) is 11.8 Å². The molecule has 0 bridgehead atoms. The molecule has 0 saturated carbocycles. The molecule has 3 rings (SSSR count). The molecule has 0 heterocycles. The van der Waals surface area contributed by atoms with Crippen molar-refractivity contribution in [2.24, 2.45) is 5.92 Å². The number of nitrogens with one attached hydrogen (secondary N) is 1. The molecule has 3 aromatic rings. The molecule has 1 atom stereocenters. The van der Waals surface area contributed by atoms with Gasteiger partial charge in [0.1, 0.15) is 12.6 Å². The smallest absolute Gasteiger partial charge is 0.264 e. The van der Waals surface area contributed by atoms with E-state index in [0.29, 0.717) is 28.6 Å². The Morgan fingerprint density at radius 3 is 2.15 bits per heavy atom. The average molecular weight is 619 g/mol. The van der Waals surface area contributed by atoms with Crippen LogP contribution in [0.25, 0.3) is 0 Å². The van der Waals surface area contributed by atoms with Crippen LogP contribution >= 0.6 is 23.2 Å². The number of carbonyl (C=O) groups excluding carboxylic acids is 2. The largest absolute Gasteiger partial charge is 0.354 e. The van der Waals surface area contributed by atoms with Crippen LogP contribution in [0.15, 0.2) is 71.6 Å². The lowest BCUT2D eigenvalue weighted by molar-refractivity contribution is -0.140. The lowest BCUT2D eigenvalue weighted by atomic mass is 10.1. The van der Waals surface area contributed by atoms with Crippen LogP contribution in [0.2, 0.25) is 10.0 Å². The Bertz CT molecular complexity index is 1460. The molecule has 10 heteroatoms. The lowest BCUT2D eigenvalue weighted by Crippen LogP contribution is -2.52. The van der Waals surface area contributed by atoms with Crippen molar-refractivity contribution < 1.29 is 18.0 Å². The van der Waals surface area contributed by atoms with Crippen molar-refractivity contribution in [3.05, 3.63) is 93.5 Å². The van der Waals surface area contributed by atoms with E-state index in [0.717, 1.165) is 15.4 Å². The molecular weight excluding hydrogens is 581 g/mol. The Kier molecular flexibility index (Phi) is 11.2. The molecule has 0 spiro atoms. The number of sulfonamides is 1. The van der Waals surface area contributed by atoms with E-state index in [4.69, 9.17) is 23.2 Å². The normalized spacial score (nSPS) is 12.2. The number of amides is 2. The highest BCUT2D eigenvalue weighted by molar-refractivity contribution is 7.92. The summed E-state index contributed by atoms with van der Waals surface area (Å²) in [7, 11) is -4.18. The number of halogens is 2. The van der Waals surface area contributed by atoms with Crippen molar-refractivity contribution in [1.82, 2.24) is 10.2 Å². The first-order valence-electron chi connectivity index (χ1n) is 13.5. The minimum absolute atomic E-state index is 0.0428. The third kappa shape index (κ3) is 8.24. The van der Waals surface area contributed by atoms with Gasteiger partial charge in [0.25, 0.3) is 10.0 Å². The van der Waals surface area contributed by atoms with Crippen molar-refractivity contribution in [3.8, 4) is 0 Å². The van der Waals surface area contributed by atoms with Crippen LogP contribution < -0.4 is 9.62 Å². The fourth-order valence-electron chi connectivity index (χ4n) is 4.35. The predicted molar refractivity (Wildman–Crippen MR) is 166 cm³/mol. The fraction of sp³-hybridized carbons (Fsp3) is 0.355. The summed E-state index contributed by atoms with van der Waals surface area (Å²) in [4.78, 5) is 28.9. The van der Waals surface area contributed by atoms with Crippen LogP contribution in [-0.4, -0.2) is 44.3 Å². The highest BCUT2D eigenvalue weighted by Crippen LogP contribution is 2.31. The number of anilines is 1. The van der Waals surface area contributed by atoms with Crippen LogP contribution in [-0.2, 0) is 26.2 Å². The van der Waals surface area contributed by atoms with Gasteiger partial charge in [-0.3, -0.25) is 13.9 Å². The van der Waals surface area contributed by atoms with Gasteiger partial charge in [-0.25, -0.2) is 8.42 Å². The minimum atomic E-state index is -4.18. The van der Waals surface area contributed by atoms with Gasteiger partial charge in [0.05, 0.1) is 10.6 Å². The first kappa shape index (κ1) is 32.4. The van der Waals surface area contributed by atoms with Gasteiger partial charge in [0, 0.05) is 23.1 Å². The lowest BCUT2D eigenvalue weighted by Gasteiger charge is -2.33. The number of benzene rings is 3. The van der Waals surface area contributed by atoms with Crippen molar-refractivity contribution in [2.45, 2.75) is 58.5 Å². The van der Waals surface area contributed by atoms with Crippen LogP contribution in [0.5, 0.6) is 0 Å². The van der Waals surface area contributed by atoms with E-state index < -0.39 is 28.5 Å². The van der Waals surface area contributed by atoms with Gasteiger partial charge >= 0.3 is 0 Å². The van der Waals surface area contributed by atoms with E-state index in [2.05, 4.69) is 5.32 Å². The first-order valence-corrected chi connectivity index (χ1v) is 15.7. The summed E-state index contributed by atoms with van der Waals surface area (Å²) in [6, 6.07) is 17.5. The van der Waals surface area contributed by atoms with Gasteiger partial charge in [0.15, 0.2) is 0 Å². The Labute approximate surface area is 253 Å². The molecule has 0 aliphatic rings. The predicted octanol–water partition coefficient (Wildman–Crippen LogP) is 6.39. The van der Waals surface area contributed by atoms with Crippen LogP contribution in [0.3, 0.4) is 0 Å². The molecule has 1 N–H and O–H groups in total. The van der Waals surface area contributed by atoms with Gasteiger partial charge < -0.3 is 10.2 Å². The zero-order valence-electron chi connectivity index (χ0n) is 24.0. The maximum Gasteiger partial charge on any atom is 0.264 e. The van der Waals surface area contributed by atoms with Crippen LogP contribution in [0.4, 0.5) is 5.69 Å². The van der Waals surface area contributed by atoms with E-state index in [9.17, 15) is 18.0 Å². The van der Waals surface area contributed by atoms with Crippen molar-refractivity contribution in [2.75, 3.05) is 17.4 Å². The van der Waals surface area contributed by atoms with Crippen molar-refractivity contribution in [3.63, 3.8) is 0 Å². The van der Waals surface area contributed by atoms with E-state index in [-0.39, 0.29) is 29.0 Å². The summed E-state index contributed by atoms with van der Waals surface area (Å²) in [6.45, 7) is 9.38. The highest BCUT2D eigenvalue weighted by Gasteiger charge is 2.34. The highest BCUT2D eigenvalue weighted by atomic mass is 35.5. The Morgan fingerprint density at radius 1 is 0.927 bits per heavy atom. The van der Waals surface area contributed by atoms with Gasteiger partial charge in [-0.05, 0) is 73.7 Å². The maximum absolute atomic E-state index is 14.2.